The zero-order valence-electron chi connectivity index (χ0n) is 17.5. The third-order valence-electron chi connectivity index (χ3n) is 4.77. The van der Waals surface area contributed by atoms with E-state index in [0.29, 0.717) is 9.75 Å². The quantitative estimate of drug-likeness (QED) is 0.304. The van der Waals surface area contributed by atoms with Gasteiger partial charge in [-0.1, -0.05) is 60.7 Å². The van der Waals surface area contributed by atoms with E-state index >= 15 is 0 Å². The summed E-state index contributed by atoms with van der Waals surface area (Å²) in [5.41, 5.74) is 12.8. The second-order valence-corrected chi connectivity index (χ2v) is 9.18. The number of carbonyl (C=O) groups is 4. The summed E-state index contributed by atoms with van der Waals surface area (Å²) in [6, 6.07) is 21.6. The summed E-state index contributed by atoms with van der Waals surface area (Å²) in [6.45, 7) is 0. The molecule has 10 heteroatoms. The van der Waals surface area contributed by atoms with E-state index in [1.807, 2.05) is 60.7 Å². The average molecular weight is 491 g/mol. The van der Waals surface area contributed by atoms with E-state index in [9.17, 15) is 19.2 Å². The SMILES string of the molecule is NC(=O)c1cc(-c2ccccc2)sc1NC(=O)C(=O)Nc1sc(-c2ccccc2)cc1C(N)=O. The molecule has 0 aliphatic heterocycles. The van der Waals surface area contributed by atoms with Crippen molar-refractivity contribution in [2.24, 2.45) is 11.5 Å². The number of hydrogen-bond acceptors (Lipinski definition) is 6. The molecular weight excluding hydrogens is 472 g/mol. The molecule has 2 aromatic heterocycles. The van der Waals surface area contributed by atoms with Crippen molar-refractivity contribution < 1.29 is 19.2 Å². The lowest BCUT2D eigenvalue weighted by Gasteiger charge is -2.06. The van der Waals surface area contributed by atoms with E-state index in [-0.39, 0.29) is 21.1 Å². The Kier molecular flexibility index (Phi) is 6.53. The van der Waals surface area contributed by atoms with Crippen molar-refractivity contribution in [3.05, 3.63) is 83.9 Å². The Morgan fingerprint density at radius 3 is 1.26 bits per heavy atom. The number of nitrogens with one attached hydrogen (secondary N) is 2. The minimum absolute atomic E-state index is 0.0883. The van der Waals surface area contributed by atoms with Crippen LogP contribution in [0.3, 0.4) is 0 Å². The highest BCUT2D eigenvalue weighted by atomic mass is 32.1. The van der Waals surface area contributed by atoms with Crippen molar-refractivity contribution >= 4 is 56.3 Å². The van der Waals surface area contributed by atoms with Gasteiger partial charge in [0, 0.05) is 9.75 Å². The fraction of sp³-hybridized carbons (Fsp3) is 0. The lowest BCUT2D eigenvalue weighted by Crippen LogP contribution is -2.30. The van der Waals surface area contributed by atoms with Crippen LogP contribution < -0.4 is 22.1 Å². The number of rotatable bonds is 6. The first-order valence-electron chi connectivity index (χ1n) is 9.94. The van der Waals surface area contributed by atoms with Crippen molar-refractivity contribution in [1.29, 1.82) is 0 Å². The van der Waals surface area contributed by atoms with E-state index in [0.717, 1.165) is 33.8 Å². The first kappa shape index (κ1) is 22.9. The summed E-state index contributed by atoms with van der Waals surface area (Å²) >= 11 is 2.24. The molecule has 0 fully saturated rings. The molecule has 6 N–H and O–H groups in total. The van der Waals surface area contributed by atoms with Crippen LogP contribution in [0.25, 0.3) is 20.9 Å². The number of thiophene rings is 2. The van der Waals surface area contributed by atoms with Crippen LogP contribution in [-0.4, -0.2) is 23.6 Å². The van der Waals surface area contributed by atoms with Crippen LogP contribution in [0, 0.1) is 0 Å². The van der Waals surface area contributed by atoms with Gasteiger partial charge in [-0.3, -0.25) is 19.2 Å². The van der Waals surface area contributed by atoms with Gasteiger partial charge in [0.25, 0.3) is 11.8 Å². The highest BCUT2D eigenvalue weighted by Crippen LogP contribution is 2.36. The normalized spacial score (nSPS) is 10.5. The molecule has 2 heterocycles. The predicted octanol–water partition coefficient (Wildman–Crippen LogP) is 3.92. The minimum Gasteiger partial charge on any atom is -0.366 e. The molecule has 8 nitrogen and oxygen atoms in total. The van der Waals surface area contributed by atoms with Gasteiger partial charge in [0.15, 0.2) is 0 Å². The summed E-state index contributed by atoms with van der Waals surface area (Å²) in [7, 11) is 0. The van der Waals surface area contributed by atoms with Crippen LogP contribution in [0.2, 0.25) is 0 Å². The molecule has 0 spiro atoms. The maximum Gasteiger partial charge on any atom is 0.314 e. The van der Waals surface area contributed by atoms with Crippen LogP contribution in [-0.2, 0) is 9.59 Å². The molecule has 4 aromatic rings. The number of benzene rings is 2. The van der Waals surface area contributed by atoms with Crippen molar-refractivity contribution in [1.82, 2.24) is 0 Å². The molecule has 0 aliphatic rings. The molecule has 0 bridgehead atoms. The average Bonchev–Trinajstić information content (AvgIpc) is 3.45. The Bertz CT molecular complexity index is 1290. The Balaban J connectivity index is 1.56. The molecular formula is C24H18N4O4S2. The number of carbonyl (C=O) groups excluding carboxylic acids is 4. The molecule has 0 radical (unpaired) electrons. The molecule has 4 amide bonds. The fourth-order valence-electron chi connectivity index (χ4n) is 3.14. The molecule has 0 saturated heterocycles. The molecule has 0 saturated carbocycles. The third-order valence-corrected chi connectivity index (χ3v) is 6.97. The van der Waals surface area contributed by atoms with E-state index < -0.39 is 23.6 Å². The highest BCUT2D eigenvalue weighted by molar-refractivity contribution is 7.20. The molecule has 2 aromatic carbocycles. The van der Waals surface area contributed by atoms with Gasteiger partial charge in [0.1, 0.15) is 10.0 Å². The highest BCUT2D eigenvalue weighted by Gasteiger charge is 2.23. The van der Waals surface area contributed by atoms with Crippen molar-refractivity contribution in [3.8, 4) is 20.9 Å². The van der Waals surface area contributed by atoms with Gasteiger partial charge in [-0.15, -0.1) is 22.7 Å². The number of anilines is 2. The third kappa shape index (κ3) is 4.87. The second-order valence-electron chi connectivity index (χ2n) is 7.08. The van der Waals surface area contributed by atoms with E-state index in [1.165, 1.54) is 0 Å². The molecule has 4 rings (SSSR count). The summed E-state index contributed by atoms with van der Waals surface area (Å²) in [6.07, 6.45) is 0. The van der Waals surface area contributed by atoms with E-state index in [1.54, 1.807) is 12.1 Å². The predicted molar refractivity (Wildman–Crippen MR) is 134 cm³/mol. The Labute approximate surface area is 202 Å². The fourth-order valence-corrected chi connectivity index (χ4v) is 5.27. The summed E-state index contributed by atoms with van der Waals surface area (Å²) in [5, 5.41) is 5.19. The molecule has 34 heavy (non-hydrogen) atoms. The number of amides is 4. The first-order valence-corrected chi connectivity index (χ1v) is 11.6. The summed E-state index contributed by atoms with van der Waals surface area (Å²) in [5.74, 6) is -3.52. The smallest absolute Gasteiger partial charge is 0.314 e. The van der Waals surface area contributed by atoms with Crippen LogP contribution in [0.5, 0.6) is 0 Å². The van der Waals surface area contributed by atoms with Gasteiger partial charge in [-0.25, -0.2) is 0 Å². The maximum absolute atomic E-state index is 12.6. The second kappa shape index (κ2) is 9.69. The van der Waals surface area contributed by atoms with Gasteiger partial charge >= 0.3 is 11.8 Å². The first-order chi connectivity index (χ1) is 16.3. The van der Waals surface area contributed by atoms with Gasteiger partial charge in [-0.05, 0) is 23.3 Å². The van der Waals surface area contributed by atoms with Gasteiger partial charge in [0.2, 0.25) is 0 Å². The zero-order valence-corrected chi connectivity index (χ0v) is 19.2. The molecule has 0 atom stereocenters. The number of nitrogens with two attached hydrogens (primary N) is 2. The molecule has 0 unspecified atom stereocenters. The minimum atomic E-state index is -1.02. The van der Waals surface area contributed by atoms with Crippen LogP contribution in [0.1, 0.15) is 20.7 Å². The van der Waals surface area contributed by atoms with Crippen molar-refractivity contribution in [3.63, 3.8) is 0 Å². The molecule has 170 valence electrons. The number of hydrogen-bond donors (Lipinski definition) is 4. The van der Waals surface area contributed by atoms with Crippen LogP contribution >= 0.6 is 22.7 Å². The molecule has 0 aliphatic carbocycles. The largest absolute Gasteiger partial charge is 0.366 e. The van der Waals surface area contributed by atoms with E-state index in [4.69, 9.17) is 11.5 Å². The lowest BCUT2D eigenvalue weighted by atomic mass is 10.1. The van der Waals surface area contributed by atoms with Gasteiger partial charge < -0.3 is 22.1 Å². The summed E-state index contributed by atoms with van der Waals surface area (Å²) in [4.78, 5) is 50.4. The maximum atomic E-state index is 12.6. The summed E-state index contributed by atoms with van der Waals surface area (Å²) < 4.78 is 0. The van der Waals surface area contributed by atoms with Crippen LogP contribution in [0.15, 0.2) is 72.8 Å². The van der Waals surface area contributed by atoms with Gasteiger partial charge in [0.05, 0.1) is 11.1 Å². The Hall–Kier alpha value is -4.28. The lowest BCUT2D eigenvalue weighted by molar-refractivity contribution is -0.132. The number of primary amides is 2. The van der Waals surface area contributed by atoms with E-state index in [2.05, 4.69) is 10.6 Å². The Morgan fingerprint density at radius 2 is 0.941 bits per heavy atom. The standard InChI is InChI=1S/C24H18N4O4S2/c25-19(29)15-11-17(13-7-3-1-4-8-13)33-23(15)27-21(31)22(32)28-24-16(20(26)30)12-18(34-24)14-9-5-2-6-10-14/h1-12H,(H2,25,29)(H2,26,30)(H,27,31)(H,28,32). The van der Waals surface area contributed by atoms with Crippen molar-refractivity contribution in [2.45, 2.75) is 0 Å². The van der Waals surface area contributed by atoms with Gasteiger partial charge in [-0.2, -0.15) is 0 Å². The Morgan fingerprint density at radius 1 is 0.588 bits per heavy atom. The van der Waals surface area contributed by atoms with Crippen molar-refractivity contribution in [2.75, 3.05) is 10.6 Å². The zero-order chi connectivity index (χ0) is 24.2. The monoisotopic (exact) mass is 490 g/mol. The van der Waals surface area contributed by atoms with Crippen LogP contribution in [0.4, 0.5) is 10.0 Å². The topological polar surface area (TPSA) is 144 Å².